The van der Waals surface area contributed by atoms with Crippen molar-refractivity contribution in [1.29, 1.82) is 0 Å². The van der Waals surface area contributed by atoms with Crippen LogP contribution in [-0.2, 0) is 0 Å². The quantitative estimate of drug-likeness (QED) is 0.860. The average molecular weight is 254 g/mol. The van der Waals surface area contributed by atoms with Gasteiger partial charge in [-0.2, -0.15) is 0 Å². The smallest absolute Gasteiger partial charge is 0.251 e. The van der Waals surface area contributed by atoms with Crippen molar-refractivity contribution in [1.82, 2.24) is 10.6 Å². The Labute approximate surface area is 105 Å². The van der Waals surface area contributed by atoms with Gasteiger partial charge in [-0.1, -0.05) is 0 Å². The SMILES string of the molecule is O=C(NCCC1CCCN1)c1cc(F)cc(F)c1. The summed E-state index contributed by atoms with van der Waals surface area (Å²) in [7, 11) is 0. The number of hydrogen-bond donors (Lipinski definition) is 2. The number of benzene rings is 1. The predicted octanol–water partition coefficient (Wildman–Crippen LogP) is 1.84. The van der Waals surface area contributed by atoms with Gasteiger partial charge in [0.25, 0.3) is 5.91 Å². The maximum absolute atomic E-state index is 12.9. The summed E-state index contributed by atoms with van der Waals surface area (Å²) in [5.41, 5.74) is 0.0203. The molecule has 1 aliphatic rings. The van der Waals surface area contributed by atoms with E-state index in [4.69, 9.17) is 0 Å². The van der Waals surface area contributed by atoms with E-state index in [1.165, 1.54) is 0 Å². The van der Waals surface area contributed by atoms with Crippen LogP contribution in [0.15, 0.2) is 18.2 Å². The molecule has 1 saturated heterocycles. The lowest BCUT2D eigenvalue weighted by Crippen LogP contribution is -2.30. The highest BCUT2D eigenvalue weighted by Gasteiger charge is 2.14. The Morgan fingerprint density at radius 3 is 2.67 bits per heavy atom. The number of halogens is 2. The normalized spacial score (nSPS) is 18.9. The van der Waals surface area contributed by atoms with Crippen LogP contribution in [0.2, 0.25) is 0 Å². The number of carbonyl (C=O) groups excluding carboxylic acids is 1. The van der Waals surface area contributed by atoms with Crippen LogP contribution in [-0.4, -0.2) is 25.0 Å². The highest BCUT2D eigenvalue weighted by molar-refractivity contribution is 5.94. The Kier molecular flexibility index (Phi) is 4.25. The third-order valence-corrected chi connectivity index (χ3v) is 3.07. The Morgan fingerprint density at radius 2 is 2.06 bits per heavy atom. The van der Waals surface area contributed by atoms with Gasteiger partial charge in [0.1, 0.15) is 11.6 Å². The lowest BCUT2D eigenvalue weighted by atomic mass is 10.1. The summed E-state index contributed by atoms with van der Waals surface area (Å²) in [6, 6.07) is 3.26. The van der Waals surface area contributed by atoms with Crippen LogP contribution in [0.4, 0.5) is 8.78 Å². The Balaban J connectivity index is 1.83. The molecule has 2 rings (SSSR count). The predicted molar refractivity (Wildman–Crippen MR) is 64.3 cm³/mol. The molecule has 1 amide bonds. The number of hydrogen-bond acceptors (Lipinski definition) is 2. The van der Waals surface area contributed by atoms with Crippen LogP contribution >= 0.6 is 0 Å². The molecular weight excluding hydrogens is 238 g/mol. The van der Waals surface area contributed by atoms with Gasteiger partial charge < -0.3 is 10.6 Å². The van der Waals surface area contributed by atoms with Gasteiger partial charge in [0.05, 0.1) is 0 Å². The third-order valence-electron chi connectivity index (χ3n) is 3.07. The Hall–Kier alpha value is -1.49. The summed E-state index contributed by atoms with van der Waals surface area (Å²) in [6.45, 7) is 1.53. The molecule has 98 valence electrons. The molecule has 1 unspecified atom stereocenters. The van der Waals surface area contributed by atoms with Gasteiger partial charge >= 0.3 is 0 Å². The topological polar surface area (TPSA) is 41.1 Å². The molecule has 0 saturated carbocycles. The number of amides is 1. The van der Waals surface area contributed by atoms with Crippen molar-refractivity contribution in [3.63, 3.8) is 0 Å². The van der Waals surface area contributed by atoms with E-state index in [0.29, 0.717) is 12.6 Å². The van der Waals surface area contributed by atoms with E-state index >= 15 is 0 Å². The van der Waals surface area contributed by atoms with Crippen molar-refractivity contribution in [2.24, 2.45) is 0 Å². The Bertz CT molecular complexity index is 411. The number of nitrogens with one attached hydrogen (secondary N) is 2. The van der Waals surface area contributed by atoms with Gasteiger partial charge in [-0.15, -0.1) is 0 Å². The van der Waals surface area contributed by atoms with Crippen molar-refractivity contribution in [3.8, 4) is 0 Å². The number of carbonyl (C=O) groups is 1. The first-order valence-corrected chi connectivity index (χ1v) is 6.13. The van der Waals surface area contributed by atoms with Gasteiger partial charge in [0.2, 0.25) is 0 Å². The second kappa shape index (κ2) is 5.91. The molecule has 1 aromatic rings. The zero-order valence-corrected chi connectivity index (χ0v) is 10.0. The molecule has 0 aliphatic carbocycles. The molecule has 1 aliphatic heterocycles. The van der Waals surface area contributed by atoms with E-state index in [2.05, 4.69) is 10.6 Å². The molecule has 0 aromatic heterocycles. The molecule has 1 aromatic carbocycles. The zero-order chi connectivity index (χ0) is 13.0. The van der Waals surface area contributed by atoms with E-state index in [0.717, 1.165) is 44.0 Å². The van der Waals surface area contributed by atoms with Gasteiger partial charge in [0, 0.05) is 24.2 Å². The summed E-state index contributed by atoms with van der Waals surface area (Å²) < 4.78 is 25.9. The molecule has 2 N–H and O–H groups in total. The van der Waals surface area contributed by atoms with Crippen molar-refractivity contribution < 1.29 is 13.6 Å². The van der Waals surface area contributed by atoms with Crippen LogP contribution in [0, 0.1) is 11.6 Å². The largest absolute Gasteiger partial charge is 0.352 e. The first-order chi connectivity index (χ1) is 8.65. The first-order valence-electron chi connectivity index (χ1n) is 6.13. The summed E-state index contributed by atoms with van der Waals surface area (Å²) in [5.74, 6) is -1.92. The minimum Gasteiger partial charge on any atom is -0.352 e. The first kappa shape index (κ1) is 13.0. The summed E-state index contributed by atoms with van der Waals surface area (Å²) in [5, 5.41) is 5.99. The molecule has 0 spiro atoms. The molecule has 5 heteroatoms. The van der Waals surface area contributed by atoms with E-state index < -0.39 is 17.5 Å². The van der Waals surface area contributed by atoms with Crippen LogP contribution < -0.4 is 10.6 Å². The van der Waals surface area contributed by atoms with E-state index in [-0.39, 0.29) is 5.56 Å². The molecule has 1 fully saturated rings. The van der Waals surface area contributed by atoms with Crippen molar-refractivity contribution >= 4 is 5.91 Å². The van der Waals surface area contributed by atoms with E-state index in [1.807, 2.05) is 0 Å². The van der Waals surface area contributed by atoms with E-state index in [1.54, 1.807) is 0 Å². The van der Waals surface area contributed by atoms with Gasteiger partial charge in [-0.25, -0.2) is 8.78 Å². The Morgan fingerprint density at radius 1 is 1.33 bits per heavy atom. The second-order valence-corrected chi connectivity index (χ2v) is 4.50. The van der Waals surface area contributed by atoms with Gasteiger partial charge in [-0.3, -0.25) is 4.79 Å². The fourth-order valence-corrected chi connectivity index (χ4v) is 2.15. The standard InChI is InChI=1S/C13H16F2N2O/c14-10-6-9(7-11(15)8-10)13(18)17-5-3-12-2-1-4-16-12/h6-8,12,16H,1-5H2,(H,17,18). The maximum atomic E-state index is 12.9. The van der Waals surface area contributed by atoms with E-state index in [9.17, 15) is 13.6 Å². The average Bonchev–Trinajstić information content (AvgIpc) is 2.80. The number of rotatable bonds is 4. The third kappa shape index (κ3) is 3.50. The molecule has 1 heterocycles. The molecular formula is C13H16F2N2O. The zero-order valence-electron chi connectivity index (χ0n) is 10.0. The second-order valence-electron chi connectivity index (χ2n) is 4.50. The highest BCUT2D eigenvalue weighted by atomic mass is 19.1. The molecule has 0 bridgehead atoms. The van der Waals surface area contributed by atoms with Crippen LogP contribution in [0.1, 0.15) is 29.6 Å². The van der Waals surface area contributed by atoms with Crippen molar-refractivity contribution in [3.05, 3.63) is 35.4 Å². The molecule has 0 radical (unpaired) electrons. The minimum atomic E-state index is -0.738. The lowest BCUT2D eigenvalue weighted by molar-refractivity contribution is 0.0951. The van der Waals surface area contributed by atoms with Crippen molar-refractivity contribution in [2.45, 2.75) is 25.3 Å². The molecule has 18 heavy (non-hydrogen) atoms. The lowest BCUT2D eigenvalue weighted by Gasteiger charge is -2.10. The fourth-order valence-electron chi connectivity index (χ4n) is 2.15. The molecule has 3 nitrogen and oxygen atoms in total. The molecule has 1 atom stereocenters. The summed E-state index contributed by atoms with van der Waals surface area (Å²) >= 11 is 0. The van der Waals surface area contributed by atoms with Crippen molar-refractivity contribution in [2.75, 3.05) is 13.1 Å². The fraction of sp³-hybridized carbons (Fsp3) is 0.462. The minimum absolute atomic E-state index is 0.0203. The van der Waals surface area contributed by atoms with Gasteiger partial charge in [-0.05, 0) is 37.9 Å². The summed E-state index contributed by atoms with van der Waals surface area (Å²) in [4.78, 5) is 11.7. The van der Waals surface area contributed by atoms with Crippen LogP contribution in [0.3, 0.4) is 0 Å². The maximum Gasteiger partial charge on any atom is 0.251 e. The van der Waals surface area contributed by atoms with Crippen LogP contribution in [0.5, 0.6) is 0 Å². The monoisotopic (exact) mass is 254 g/mol. The van der Waals surface area contributed by atoms with Gasteiger partial charge in [0.15, 0.2) is 0 Å². The summed E-state index contributed by atoms with van der Waals surface area (Å²) in [6.07, 6.45) is 3.11. The van der Waals surface area contributed by atoms with Crippen LogP contribution in [0.25, 0.3) is 0 Å². The highest BCUT2D eigenvalue weighted by Crippen LogP contribution is 2.09.